The molecule has 0 saturated carbocycles. The zero-order valence-corrected chi connectivity index (χ0v) is 15.2. The van der Waals surface area contributed by atoms with Crippen molar-refractivity contribution in [2.75, 3.05) is 39.3 Å². The molecule has 0 bridgehead atoms. The Labute approximate surface area is 146 Å². The number of halogens is 1. The van der Waals surface area contributed by atoms with Crippen LogP contribution < -0.4 is 10.6 Å². The summed E-state index contributed by atoms with van der Waals surface area (Å²) in [6.07, 6.45) is 0. The lowest BCUT2D eigenvalue weighted by Crippen LogP contribution is -2.45. The molecule has 23 heavy (non-hydrogen) atoms. The topological polar surface area (TPSA) is 40.4 Å². The molecule has 0 radical (unpaired) electrons. The van der Waals surface area contributed by atoms with Crippen LogP contribution in [0.3, 0.4) is 0 Å². The summed E-state index contributed by atoms with van der Waals surface area (Å²) in [5.41, 5.74) is 2.37. The van der Waals surface area contributed by atoms with E-state index in [0.717, 1.165) is 67.4 Å². The SMILES string of the molecule is Cc1cc(Br)ccc1-c1ccc(CNCCN2CCNCC2)o1. The van der Waals surface area contributed by atoms with Gasteiger partial charge in [-0.1, -0.05) is 15.9 Å². The number of nitrogens with zero attached hydrogens (tertiary/aromatic N) is 1. The van der Waals surface area contributed by atoms with Gasteiger partial charge in [0.15, 0.2) is 0 Å². The van der Waals surface area contributed by atoms with E-state index in [2.05, 4.69) is 68.7 Å². The van der Waals surface area contributed by atoms with Gasteiger partial charge in [-0.25, -0.2) is 0 Å². The maximum absolute atomic E-state index is 5.98. The minimum absolute atomic E-state index is 0.779. The maximum Gasteiger partial charge on any atom is 0.134 e. The normalized spacial score (nSPS) is 15.9. The van der Waals surface area contributed by atoms with Gasteiger partial charge >= 0.3 is 0 Å². The fourth-order valence-corrected chi connectivity index (χ4v) is 3.38. The van der Waals surface area contributed by atoms with Gasteiger partial charge in [0.1, 0.15) is 11.5 Å². The molecular weight excluding hydrogens is 354 g/mol. The van der Waals surface area contributed by atoms with Gasteiger partial charge in [-0.2, -0.15) is 0 Å². The van der Waals surface area contributed by atoms with Crippen LogP contribution in [0.5, 0.6) is 0 Å². The second-order valence-corrected chi connectivity index (χ2v) is 6.91. The molecule has 1 aromatic carbocycles. The van der Waals surface area contributed by atoms with Gasteiger partial charge in [0.25, 0.3) is 0 Å². The first-order valence-corrected chi connectivity index (χ1v) is 9.01. The zero-order chi connectivity index (χ0) is 16.1. The van der Waals surface area contributed by atoms with Crippen molar-refractivity contribution in [3.63, 3.8) is 0 Å². The molecule has 2 heterocycles. The number of rotatable bonds is 6. The average Bonchev–Trinajstić information content (AvgIpc) is 3.01. The molecule has 2 aromatic rings. The predicted octanol–water partition coefficient (Wildman–Crippen LogP) is 3.01. The molecule has 1 aliphatic heterocycles. The van der Waals surface area contributed by atoms with Crippen LogP contribution in [0.25, 0.3) is 11.3 Å². The molecule has 0 atom stereocenters. The summed E-state index contributed by atoms with van der Waals surface area (Å²) in [7, 11) is 0. The summed E-state index contributed by atoms with van der Waals surface area (Å²) in [6.45, 7) is 9.48. The molecule has 124 valence electrons. The van der Waals surface area contributed by atoms with Crippen LogP contribution in [-0.2, 0) is 6.54 Å². The van der Waals surface area contributed by atoms with E-state index in [9.17, 15) is 0 Å². The lowest BCUT2D eigenvalue weighted by Gasteiger charge is -2.27. The highest BCUT2D eigenvalue weighted by Crippen LogP contribution is 2.27. The third kappa shape index (κ3) is 4.67. The van der Waals surface area contributed by atoms with Crippen molar-refractivity contribution in [3.8, 4) is 11.3 Å². The van der Waals surface area contributed by atoms with Crippen LogP contribution in [0.4, 0.5) is 0 Å². The van der Waals surface area contributed by atoms with Gasteiger partial charge in [0, 0.05) is 49.3 Å². The third-order valence-corrected chi connectivity index (χ3v) is 4.72. The summed E-state index contributed by atoms with van der Waals surface area (Å²) in [5.74, 6) is 1.93. The van der Waals surface area contributed by atoms with Gasteiger partial charge in [-0.3, -0.25) is 4.90 Å². The molecule has 0 amide bonds. The van der Waals surface area contributed by atoms with Crippen molar-refractivity contribution in [2.24, 2.45) is 0 Å². The number of furan rings is 1. The summed E-state index contributed by atoms with van der Waals surface area (Å²) in [4.78, 5) is 2.49. The standard InChI is InChI=1S/C18H24BrN3O/c1-14-12-15(19)2-4-17(14)18-5-3-16(23-18)13-21-8-11-22-9-6-20-7-10-22/h2-5,12,20-21H,6-11,13H2,1H3. The second kappa shape index (κ2) is 8.11. The summed E-state index contributed by atoms with van der Waals surface area (Å²) < 4.78 is 7.08. The first-order chi connectivity index (χ1) is 11.2. The number of hydrogen-bond acceptors (Lipinski definition) is 4. The Bertz CT molecular complexity index is 635. The summed E-state index contributed by atoms with van der Waals surface area (Å²) in [5, 5.41) is 6.85. The molecule has 3 rings (SSSR count). The van der Waals surface area contributed by atoms with Crippen molar-refractivity contribution in [1.29, 1.82) is 0 Å². The van der Waals surface area contributed by atoms with E-state index >= 15 is 0 Å². The molecule has 2 N–H and O–H groups in total. The molecule has 1 aromatic heterocycles. The molecule has 4 nitrogen and oxygen atoms in total. The van der Waals surface area contributed by atoms with Crippen molar-refractivity contribution in [1.82, 2.24) is 15.5 Å². The van der Waals surface area contributed by atoms with E-state index in [1.807, 2.05) is 0 Å². The Balaban J connectivity index is 1.49. The number of piperazine rings is 1. The molecule has 1 fully saturated rings. The van der Waals surface area contributed by atoms with E-state index in [1.54, 1.807) is 0 Å². The number of benzene rings is 1. The van der Waals surface area contributed by atoms with E-state index in [0.29, 0.717) is 0 Å². The highest BCUT2D eigenvalue weighted by atomic mass is 79.9. The Morgan fingerprint density at radius 1 is 1.22 bits per heavy atom. The van der Waals surface area contributed by atoms with Crippen molar-refractivity contribution in [2.45, 2.75) is 13.5 Å². The highest BCUT2D eigenvalue weighted by molar-refractivity contribution is 9.10. The molecule has 1 aliphatic rings. The largest absolute Gasteiger partial charge is 0.460 e. The van der Waals surface area contributed by atoms with Crippen LogP contribution in [0.1, 0.15) is 11.3 Å². The lowest BCUT2D eigenvalue weighted by atomic mass is 10.1. The van der Waals surface area contributed by atoms with Crippen molar-refractivity contribution in [3.05, 3.63) is 46.1 Å². The summed E-state index contributed by atoms with van der Waals surface area (Å²) >= 11 is 3.50. The molecule has 0 unspecified atom stereocenters. The van der Waals surface area contributed by atoms with Gasteiger partial charge in [-0.05, 0) is 42.8 Å². The average molecular weight is 378 g/mol. The maximum atomic E-state index is 5.98. The minimum Gasteiger partial charge on any atom is -0.460 e. The van der Waals surface area contributed by atoms with Gasteiger partial charge < -0.3 is 15.1 Å². The lowest BCUT2D eigenvalue weighted by molar-refractivity contribution is 0.240. The van der Waals surface area contributed by atoms with E-state index in [1.165, 1.54) is 5.56 Å². The molecule has 0 spiro atoms. The van der Waals surface area contributed by atoms with Crippen LogP contribution in [0, 0.1) is 6.92 Å². The Kier molecular flexibility index (Phi) is 5.89. The monoisotopic (exact) mass is 377 g/mol. The molecular formula is C18H24BrN3O. The van der Waals surface area contributed by atoms with Crippen molar-refractivity contribution < 1.29 is 4.42 Å². The van der Waals surface area contributed by atoms with Crippen molar-refractivity contribution >= 4 is 15.9 Å². The minimum atomic E-state index is 0.779. The molecule has 5 heteroatoms. The third-order valence-electron chi connectivity index (χ3n) is 4.23. The first-order valence-electron chi connectivity index (χ1n) is 8.21. The quantitative estimate of drug-likeness (QED) is 0.759. The van der Waals surface area contributed by atoms with Gasteiger partial charge in [-0.15, -0.1) is 0 Å². The van der Waals surface area contributed by atoms with Crippen LogP contribution in [-0.4, -0.2) is 44.2 Å². The molecule has 0 aliphatic carbocycles. The van der Waals surface area contributed by atoms with E-state index in [4.69, 9.17) is 4.42 Å². The predicted molar refractivity (Wildman–Crippen MR) is 97.6 cm³/mol. The van der Waals surface area contributed by atoms with E-state index < -0.39 is 0 Å². The van der Waals surface area contributed by atoms with E-state index in [-0.39, 0.29) is 0 Å². The van der Waals surface area contributed by atoms with Gasteiger partial charge in [0.05, 0.1) is 6.54 Å². The van der Waals surface area contributed by atoms with Gasteiger partial charge in [0.2, 0.25) is 0 Å². The first kappa shape index (κ1) is 16.7. The number of aryl methyl sites for hydroxylation is 1. The number of hydrogen-bond donors (Lipinski definition) is 2. The second-order valence-electron chi connectivity index (χ2n) is 5.99. The molecule has 1 saturated heterocycles. The summed E-state index contributed by atoms with van der Waals surface area (Å²) in [6, 6.07) is 10.4. The Morgan fingerprint density at radius 3 is 2.83 bits per heavy atom. The fourth-order valence-electron chi connectivity index (χ4n) is 2.90. The zero-order valence-electron chi connectivity index (χ0n) is 13.6. The number of nitrogens with one attached hydrogen (secondary N) is 2. The Hall–Kier alpha value is -1.14. The van der Waals surface area contributed by atoms with Crippen LogP contribution in [0.2, 0.25) is 0 Å². The highest BCUT2D eigenvalue weighted by Gasteiger charge is 2.10. The Morgan fingerprint density at radius 2 is 2.04 bits per heavy atom. The van der Waals surface area contributed by atoms with Crippen LogP contribution >= 0.6 is 15.9 Å². The smallest absolute Gasteiger partial charge is 0.134 e. The fraction of sp³-hybridized carbons (Fsp3) is 0.444. The van der Waals surface area contributed by atoms with Crippen LogP contribution in [0.15, 0.2) is 39.2 Å².